The number of phenolic OH excluding ortho intramolecular Hbond substituents is 1. The molecule has 0 aliphatic rings. The summed E-state index contributed by atoms with van der Waals surface area (Å²) in [5.41, 5.74) is 2.06. The number of esters is 1. The number of methoxy groups -OCH3 is 1. The van der Waals surface area contributed by atoms with Crippen LogP contribution in [-0.4, -0.2) is 30.8 Å². The van der Waals surface area contributed by atoms with Crippen molar-refractivity contribution in [1.29, 1.82) is 0 Å². The molecular weight excluding hydrogens is 426 g/mol. The zero-order chi connectivity index (χ0) is 23.8. The lowest BCUT2D eigenvalue weighted by Gasteiger charge is -2.39. The van der Waals surface area contributed by atoms with E-state index in [1.807, 2.05) is 91.0 Å². The van der Waals surface area contributed by atoms with Gasteiger partial charge in [-0.1, -0.05) is 97.1 Å². The van der Waals surface area contributed by atoms with Crippen molar-refractivity contribution in [1.82, 2.24) is 5.32 Å². The van der Waals surface area contributed by atoms with Crippen LogP contribution in [-0.2, 0) is 15.1 Å². The van der Waals surface area contributed by atoms with Crippen LogP contribution < -0.4 is 10.1 Å². The van der Waals surface area contributed by atoms with Gasteiger partial charge in [0.1, 0.15) is 24.1 Å². The summed E-state index contributed by atoms with van der Waals surface area (Å²) in [6, 6.07) is 35.7. The SMILES string of the molecule is COC(=O)[C@H](COc1cccc(O)c1)NC(c1ccccc1)(c1ccccc1)c1ccccc1. The third-order valence-electron chi connectivity index (χ3n) is 5.73. The van der Waals surface area contributed by atoms with E-state index < -0.39 is 17.6 Å². The van der Waals surface area contributed by atoms with Crippen LogP contribution in [0.5, 0.6) is 11.5 Å². The van der Waals surface area contributed by atoms with Gasteiger partial charge >= 0.3 is 5.97 Å². The Morgan fingerprint density at radius 2 is 1.29 bits per heavy atom. The van der Waals surface area contributed by atoms with E-state index in [0.717, 1.165) is 16.7 Å². The van der Waals surface area contributed by atoms with Crippen LogP contribution in [0.25, 0.3) is 0 Å². The Labute approximate surface area is 199 Å². The first-order valence-corrected chi connectivity index (χ1v) is 11.1. The lowest BCUT2D eigenvalue weighted by Crippen LogP contribution is -2.55. The summed E-state index contributed by atoms with van der Waals surface area (Å²) in [4.78, 5) is 13.0. The van der Waals surface area contributed by atoms with Gasteiger partial charge in [0, 0.05) is 6.07 Å². The molecule has 0 aliphatic heterocycles. The predicted molar refractivity (Wildman–Crippen MR) is 132 cm³/mol. The average Bonchev–Trinajstić information content (AvgIpc) is 2.90. The highest BCUT2D eigenvalue weighted by Gasteiger charge is 2.40. The molecule has 0 bridgehead atoms. The molecule has 4 rings (SSSR count). The third kappa shape index (κ3) is 4.95. The van der Waals surface area contributed by atoms with E-state index in [4.69, 9.17) is 9.47 Å². The molecule has 0 aromatic heterocycles. The first kappa shape index (κ1) is 23.1. The molecule has 4 aromatic rings. The van der Waals surface area contributed by atoms with Crippen molar-refractivity contribution in [2.45, 2.75) is 11.6 Å². The monoisotopic (exact) mass is 453 g/mol. The van der Waals surface area contributed by atoms with Gasteiger partial charge in [0.25, 0.3) is 0 Å². The fraction of sp³-hybridized carbons (Fsp3) is 0.138. The smallest absolute Gasteiger partial charge is 0.326 e. The van der Waals surface area contributed by atoms with E-state index in [2.05, 4.69) is 5.32 Å². The van der Waals surface area contributed by atoms with Gasteiger partial charge < -0.3 is 14.6 Å². The van der Waals surface area contributed by atoms with Crippen LogP contribution in [0.3, 0.4) is 0 Å². The number of ether oxygens (including phenoxy) is 2. The van der Waals surface area contributed by atoms with Crippen LogP contribution in [0, 0.1) is 0 Å². The predicted octanol–water partition coefficient (Wildman–Crippen LogP) is 4.89. The molecule has 0 saturated heterocycles. The zero-order valence-electron chi connectivity index (χ0n) is 18.9. The molecule has 0 heterocycles. The second-order valence-electron chi connectivity index (χ2n) is 7.88. The van der Waals surface area contributed by atoms with Gasteiger partial charge in [-0.15, -0.1) is 0 Å². The van der Waals surface area contributed by atoms with Gasteiger partial charge in [-0.2, -0.15) is 0 Å². The van der Waals surface area contributed by atoms with Crippen molar-refractivity contribution in [3.05, 3.63) is 132 Å². The fourth-order valence-corrected chi connectivity index (χ4v) is 4.14. The Morgan fingerprint density at radius 1 is 0.794 bits per heavy atom. The second kappa shape index (κ2) is 10.7. The first-order valence-electron chi connectivity index (χ1n) is 11.1. The van der Waals surface area contributed by atoms with Crippen molar-refractivity contribution >= 4 is 5.97 Å². The van der Waals surface area contributed by atoms with Crippen LogP contribution in [0.2, 0.25) is 0 Å². The molecule has 0 fully saturated rings. The first-order chi connectivity index (χ1) is 16.6. The molecule has 5 heteroatoms. The Balaban J connectivity index is 1.82. The molecule has 0 saturated carbocycles. The van der Waals surface area contributed by atoms with E-state index in [1.54, 1.807) is 18.2 Å². The van der Waals surface area contributed by atoms with Gasteiger partial charge in [-0.3, -0.25) is 10.1 Å². The van der Waals surface area contributed by atoms with Gasteiger partial charge in [0.15, 0.2) is 0 Å². The summed E-state index contributed by atoms with van der Waals surface area (Å²) in [5, 5.41) is 13.4. The number of carbonyl (C=O) groups is 1. The highest BCUT2D eigenvalue weighted by molar-refractivity contribution is 5.76. The topological polar surface area (TPSA) is 67.8 Å². The molecule has 172 valence electrons. The van der Waals surface area contributed by atoms with Crippen molar-refractivity contribution in [3.63, 3.8) is 0 Å². The maximum atomic E-state index is 13.0. The van der Waals surface area contributed by atoms with Crippen LogP contribution >= 0.6 is 0 Å². The van der Waals surface area contributed by atoms with Crippen molar-refractivity contribution in [3.8, 4) is 11.5 Å². The average molecular weight is 454 g/mol. The van der Waals surface area contributed by atoms with Crippen LogP contribution in [0.15, 0.2) is 115 Å². The molecule has 2 N–H and O–H groups in total. The van der Waals surface area contributed by atoms with E-state index in [1.165, 1.54) is 13.2 Å². The molecule has 34 heavy (non-hydrogen) atoms. The maximum Gasteiger partial charge on any atom is 0.326 e. The number of hydrogen-bond donors (Lipinski definition) is 2. The number of hydrogen-bond acceptors (Lipinski definition) is 5. The highest BCUT2D eigenvalue weighted by atomic mass is 16.5. The maximum absolute atomic E-state index is 13.0. The van der Waals surface area contributed by atoms with E-state index in [-0.39, 0.29) is 12.4 Å². The Morgan fingerprint density at radius 3 is 1.74 bits per heavy atom. The Bertz CT molecular complexity index is 1100. The molecule has 0 unspecified atom stereocenters. The molecule has 1 atom stereocenters. The minimum atomic E-state index is -0.856. The third-order valence-corrected chi connectivity index (χ3v) is 5.73. The summed E-state index contributed by atoms with van der Waals surface area (Å²) < 4.78 is 11.0. The molecule has 5 nitrogen and oxygen atoms in total. The lowest BCUT2D eigenvalue weighted by atomic mass is 9.76. The van der Waals surface area contributed by atoms with Crippen LogP contribution in [0.4, 0.5) is 0 Å². The molecule has 0 spiro atoms. The molecular formula is C29H27NO4. The normalized spacial score (nSPS) is 12.0. The van der Waals surface area contributed by atoms with Gasteiger partial charge in [0.05, 0.1) is 12.6 Å². The number of carbonyl (C=O) groups excluding carboxylic acids is 1. The zero-order valence-corrected chi connectivity index (χ0v) is 18.9. The van der Waals surface area contributed by atoms with Gasteiger partial charge in [-0.05, 0) is 28.8 Å². The summed E-state index contributed by atoms with van der Waals surface area (Å²) in [6.45, 7) is 0.00434. The fourth-order valence-electron chi connectivity index (χ4n) is 4.14. The van der Waals surface area contributed by atoms with E-state index in [9.17, 15) is 9.90 Å². The molecule has 0 aliphatic carbocycles. The Kier molecular flexibility index (Phi) is 7.25. The van der Waals surface area contributed by atoms with Crippen molar-refractivity contribution in [2.75, 3.05) is 13.7 Å². The number of aromatic hydroxyl groups is 1. The summed E-state index contributed by atoms with van der Waals surface area (Å²) in [5.74, 6) is 0.0973. The number of benzene rings is 4. The number of rotatable bonds is 9. The number of phenols is 1. The lowest BCUT2D eigenvalue weighted by molar-refractivity contribution is -0.144. The minimum Gasteiger partial charge on any atom is -0.508 e. The van der Waals surface area contributed by atoms with Gasteiger partial charge in [-0.25, -0.2) is 0 Å². The highest BCUT2D eigenvalue weighted by Crippen LogP contribution is 2.37. The molecule has 0 radical (unpaired) electrons. The van der Waals surface area contributed by atoms with Crippen molar-refractivity contribution in [2.24, 2.45) is 0 Å². The Hall–Kier alpha value is -4.09. The van der Waals surface area contributed by atoms with E-state index >= 15 is 0 Å². The van der Waals surface area contributed by atoms with Crippen LogP contribution in [0.1, 0.15) is 16.7 Å². The quantitative estimate of drug-likeness (QED) is 0.279. The summed E-state index contributed by atoms with van der Waals surface area (Å²) in [6.07, 6.45) is 0. The molecule has 4 aromatic carbocycles. The standard InChI is InChI=1S/C29H27NO4/c1-33-28(32)27(21-34-26-19-11-18-25(31)20-26)30-29(22-12-5-2-6-13-22,23-14-7-3-8-15-23)24-16-9-4-10-17-24/h2-20,27,30-31H,21H2,1H3/t27-/m0/s1. The van der Waals surface area contributed by atoms with Gasteiger partial charge in [0.2, 0.25) is 0 Å². The second-order valence-corrected chi connectivity index (χ2v) is 7.88. The largest absolute Gasteiger partial charge is 0.508 e. The summed E-state index contributed by atoms with van der Waals surface area (Å²) in [7, 11) is 1.36. The minimum absolute atomic E-state index is 0.00434. The number of nitrogens with one attached hydrogen (secondary N) is 1. The van der Waals surface area contributed by atoms with E-state index in [0.29, 0.717) is 5.75 Å². The summed E-state index contributed by atoms with van der Waals surface area (Å²) >= 11 is 0. The van der Waals surface area contributed by atoms with Crippen molar-refractivity contribution < 1.29 is 19.4 Å². The molecule has 0 amide bonds.